The summed E-state index contributed by atoms with van der Waals surface area (Å²) in [6.45, 7) is 4.57. The van der Waals surface area contributed by atoms with E-state index in [4.69, 9.17) is 11.6 Å². The quantitative estimate of drug-likeness (QED) is 0.306. The molecule has 2 aromatic carbocycles. The Labute approximate surface area is 191 Å². The number of benzene rings is 2. The number of unbranched alkanes of at least 4 members (excludes halogenated alkanes) is 2. The van der Waals surface area contributed by atoms with Gasteiger partial charge in [-0.3, -0.25) is 13.3 Å². The van der Waals surface area contributed by atoms with Gasteiger partial charge in [0, 0.05) is 32.9 Å². The fraction of sp³-hybridized carbons (Fsp3) is 0.333. The van der Waals surface area contributed by atoms with E-state index in [1.54, 1.807) is 18.2 Å². The third kappa shape index (κ3) is 5.11. The largest absolute Gasteiger partial charge is 0.755 e. The van der Waals surface area contributed by atoms with Crippen molar-refractivity contribution in [2.75, 3.05) is 6.54 Å². The predicted octanol–water partition coefficient (Wildman–Crippen LogP) is 5.24. The Bertz CT molecular complexity index is 1100. The van der Waals surface area contributed by atoms with Gasteiger partial charge in [-0.1, -0.05) is 53.4 Å². The van der Waals surface area contributed by atoms with Crippen molar-refractivity contribution in [3.63, 3.8) is 0 Å². The fourth-order valence-electron chi connectivity index (χ4n) is 3.29. The molecular formula is C21H22BrClN3O3S-. The number of halogens is 2. The second-order valence-electron chi connectivity index (χ2n) is 7.02. The first-order valence-corrected chi connectivity index (χ1v) is 11.8. The van der Waals surface area contributed by atoms with Crippen LogP contribution in [0.4, 0.5) is 0 Å². The molecule has 0 aliphatic rings. The summed E-state index contributed by atoms with van der Waals surface area (Å²) in [5.74, 6) is 0.245. The van der Waals surface area contributed by atoms with Crippen LogP contribution in [0.5, 0.6) is 0 Å². The molecule has 0 saturated heterocycles. The fourth-order valence-corrected chi connectivity index (χ4v) is 4.54. The Morgan fingerprint density at radius 3 is 2.70 bits per heavy atom. The van der Waals surface area contributed by atoms with Crippen molar-refractivity contribution >= 4 is 55.7 Å². The van der Waals surface area contributed by atoms with Gasteiger partial charge in [-0.15, -0.1) is 0 Å². The van der Waals surface area contributed by atoms with Crippen LogP contribution in [0.15, 0.2) is 40.9 Å². The Kier molecular flexibility index (Phi) is 7.68. The maximum absolute atomic E-state index is 12.9. The SMILES string of the molecule is CCCCCN(C(=O)c1ccc2nc(C)n(Cc3ccc(Br)cc3Cl)c2c1)S(=O)[O-]. The van der Waals surface area contributed by atoms with Crippen molar-refractivity contribution in [2.45, 2.75) is 39.7 Å². The molecule has 3 aromatic rings. The summed E-state index contributed by atoms with van der Waals surface area (Å²) in [6, 6.07) is 10.7. The van der Waals surface area contributed by atoms with Crippen molar-refractivity contribution in [3.05, 3.63) is 62.8 Å². The maximum Gasteiger partial charge on any atom is 0.264 e. The minimum absolute atomic E-state index is 0.174. The van der Waals surface area contributed by atoms with Crippen LogP contribution in [0.25, 0.3) is 11.0 Å². The van der Waals surface area contributed by atoms with E-state index in [0.717, 1.165) is 44.0 Å². The minimum atomic E-state index is -2.62. The van der Waals surface area contributed by atoms with Gasteiger partial charge >= 0.3 is 0 Å². The molecule has 0 radical (unpaired) electrons. The number of nitrogens with zero attached hydrogens (tertiary/aromatic N) is 3. The Hall–Kier alpha value is -1.74. The summed E-state index contributed by atoms with van der Waals surface area (Å²) in [5, 5.41) is 0.627. The van der Waals surface area contributed by atoms with Gasteiger partial charge in [0.25, 0.3) is 5.91 Å². The zero-order valence-corrected chi connectivity index (χ0v) is 19.9. The lowest BCUT2D eigenvalue weighted by molar-refractivity contribution is 0.0857. The van der Waals surface area contributed by atoms with Crippen LogP contribution >= 0.6 is 27.5 Å². The van der Waals surface area contributed by atoms with Gasteiger partial charge in [0.1, 0.15) is 5.82 Å². The molecule has 30 heavy (non-hydrogen) atoms. The van der Waals surface area contributed by atoms with Crippen molar-refractivity contribution in [3.8, 4) is 0 Å². The summed E-state index contributed by atoms with van der Waals surface area (Å²) in [7, 11) is 0. The number of rotatable bonds is 8. The van der Waals surface area contributed by atoms with E-state index in [9.17, 15) is 13.6 Å². The zero-order chi connectivity index (χ0) is 21.8. The highest BCUT2D eigenvalue weighted by Crippen LogP contribution is 2.25. The number of carbonyl (C=O) groups is 1. The molecule has 1 atom stereocenters. The van der Waals surface area contributed by atoms with E-state index >= 15 is 0 Å². The second kappa shape index (κ2) is 10.0. The summed E-state index contributed by atoms with van der Waals surface area (Å²) in [6.07, 6.45) is 2.44. The topological polar surface area (TPSA) is 78.3 Å². The van der Waals surface area contributed by atoms with Gasteiger partial charge in [0.15, 0.2) is 0 Å². The molecule has 0 aliphatic heterocycles. The van der Waals surface area contributed by atoms with Gasteiger partial charge in [-0.25, -0.2) is 4.98 Å². The van der Waals surface area contributed by atoms with Crippen molar-refractivity contribution in [1.82, 2.24) is 13.9 Å². The molecule has 0 fully saturated rings. The van der Waals surface area contributed by atoms with Crippen LogP contribution in [0.1, 0.15) is 47.9 Å². The first kappa shape index (κ1) is 22.9. The number of hydrogen-bond donors (Lipinski definition) is 0. The van der Waals surface area contributed by atoms with Gasteiger partial charge < -0.3 is 9.12 Å². The Balaban J connectivity index is 1.95. The number of amides is 1. The highest BCUT2D eigenvalue weighted by molar-refractivity contribution is 9.10. The third-order valence-corrected chi connectivity index (χ3v) is 6.45. The molecule has 9 heteroatoms. The normalized spacial score (nSPS) is 12.3. The molecule has 0 saturated carbocycles. The van der Waals surface area contributed by atoms with Gasteiger partial charge in [-0.2, -0.15) is 0 Å². The first-order chi connectivity index (χ1) is 14.3. The van der Waals surface area contributed by atoms with Gasteiger partial charge in [-0.05, 0) is 49.2 Å². The van der Waals surface area contributed by atoms with Crippen LogP contribution in [0, 0.1) is 6.92 Å². The molecule has 0 N–H and O–H groups in total. The molecule has 0 spiro atoms. The number of aromatic nitrogens is 2. The van der Waals surface area contributed by atoms with Crippen LogP contribution < -0.4 is 0 Å². The minimum Gasteiger partial charge on any atom is -0.755 e. The van der Waals surface area contributed by atoms with Crippen LogP contribution in [-0.4, -0.2) is 35.1 Å². The number of carbonyl (C=O) groups excluding carboxylic acids is 1. The van der Waals surface area contributed by atoms with Gasteiger partial charge in [0.2, 0.25) is 0 Å². The molecule has 1 heterocycles. The second-order valence-corrected chi connectivity index (χ2v) is 9.21. The van der Waals surface area contributed by atoms with E-state index < -0.39 is 17.2 Å². The van der Waals surface area contributed by atoms with Gasteiger partial charge in [0.05, 0.1) is 17.6 Å². The van der Waals surface area contributed by atoms with Crippen molar-refractivity contribution < 1.29 is 13.6 Å². The van der Waals surface area contributed by atoms with E-state index in [2.05, 4.69) is 20.9 Å². The Morgan fingerprint density at radius 1 is 1.27 bits per heavy atom. The third-order valence-electron chi connectivity index (χ3n) is 4.90. The maximum atomic E-state index is 12.9. The average molecular weight is 512 g/mol. The molecule has 1 aromatic heterocycles. The Morgan fingerprint density at radius 2 is 2.03 bits per heavy atom. The number of aryl methyl sites for hydroxylation is 1. The lowest BCUT2D eigenvalue weighted by Gasteiger charge is -2.24. The van der Waals surface area contributed by atoms with Crippen LogP contribution in [-0.2, 0) is 17.8 Å². The van der Waals surface area contributed by atoms with E-state index in [0.29, 0.717) is 23.6 Å². The molecule has 6 nitrogen and oxygen atoms in total. The van der Waals surface area contributed by atoms with E-state index in [-0.39, 0.29) is 6.54 Å². The number of fused-ring (bicyclic) bond motifs is 1. The van der Waals surface area contributed by atoms with Crippen molar-refractivity contribution in [1.29, 1.82) is 0 Å². The molecule has 0 aliphatic carbocycles. The summed E-state index contributed by atoms with van der Waals surface area (Å²) >= 11 is 7.16. The lowest BCUT2D eigenvalue weighted by atomic mass is 10.1. The highest BCUT2D eigenvalue weighted by atomic mass is 79.9. The number of imidazole rings is 1. The smallest absolute Gasteiger partial charge is 0.264 e. The highest BCUT2D eigenvalue weighted by Gasteiger charge is 2.19. The van der Waals surface area contributed by atoms with Crippen molar-refractivity contribution in [2.24, 2.45) is 0 Å². The molecule has 0 bridgehead atoms. The average Bonchev–Trinajstić information content (AvgIpc) is 3.01. The summed E-state index contributed by atoms with van der Waals surface area (Å²) < 4.78 is 27.0. The molecule has 160 valence electrons. The summed E-state index contributed by atoms with van der Waals surface area (Å²) in [5.41, 5.74) is 2.72. The molecule has 1 amide bonds. The standard InChI is InChI=1S/C21H23BrClN3O3S/c1-3-4-5-10-26(30(28)29)21(27)15-7-9-19-20(11-15)25(14(2)24-19)13-16-6-8-17(22)12-18(16)23/h6-9,11-12H,3-5,10,13H2,1-2H3,(H,28,29)/p-1. The predicted molar refractivity (Wildman–Crippen MR) is 122 cm³/mol. The first-order valence-electron chi connectivity index (χ1n) is 9.64. The monoisotopic (exact) mass is 510 g/mol. The molecule has 3 rings (SSSR count). The number of hydrogen-bond acceptors (Lipinski definition) is 4. The summed E-state index contributed by atoms with van der Waals surface area (Å²) in [4.78, 5) is 17.4. The zero-order valence-electron chi connectivity index (χ0n) is 16.7. The van der Waals surface area contributed by atoms with E-state index in [1.165, 1.54) is 0 Å². The van der Waals surface area contributed by atoms with Crippen LogP contribution in [0.2, 0.25) is 5.02 Å². The van der Waals surface area contributed by atoms with Crippen LogP contribution in [0.3, 0.4) is 0 Å². The molecule has 1 unspecified atom stereocenters. The lowest BCUT2D eigenvalue weighted by Crippen LogP contribution is -2.33. The van der Waals surface area contributed by atoms with E-state index in [1.807, 2.05) is 36.6 Å². The molecular weight excluding hydrogens is 490 g/mol.